The Kier molecular flexibility index (Phi) is 8.98. The van der Waals surface area contributed by atoms with E-state index < -0.39 is 11.9 Å². The van der Waals surface area contributed by atoms with E-state index in [2.05, 4.69) is 25.6 Å². The fourth-order valence-electron chi connectivity index (χ4n) is 2.33. The number of pyridine rings is 1. The Balaban J connectivity index is 0.00000341. The topological polar surface area (TPSA) is 71.4 Å². The lowest BCUT2D eigenvalue weighted by atomic mass is 10.2. The van der Waals surface area contributed by atoms with E-state index in [1.54, 1.807) is 25.4 Å². The van der Waals surface area contributed by atoms with Crippen LogP contribution >= 0.6 is 35.3 Å². The molecule has 0 atom stereocenters. The minimum absolute atomic E-state index is 0. The van der Waals surface area contributed by atoms with E-state index in [4.69, 9.17) is 4.74 Å². The average molecular weight is 567 g/mol. The van der Waals surface area contributed by atoms with Crippen molar-refractivity contribution in [2.24, 2.45) is 4.99 Å². The molecule has 0 bridgehead atoms. The fraction of sp³-hybridized carbons (Fsp3) is 0.211. The van der Waals surface area contributed by atoms with Crippen molar-refractivity contribution in [1.29, 1.82) is 0 Å². The minimum atomic E-state index is -4.45. The normalized spacial score (nSPS) is 11.6. The third-order valence-electron chi connectivity index (χ3n) is 3.77. The van der Waals surface area contributed by atoms with Crippen molar-refractivity contribution in [3.05, 3.63) is 70.1 Å². The summed E-state index contributed by atoms with van der Waals surface area (Å²) in [6, 6.07) is 9.05. The molecule has 0 spiro atoms. The van der Waals surface area contributed by atoms with Crippen LogP contribution in [0.1, 0.15) is 16.3 Å². The molecule has 0 amide bonds. The predicted octanol–water partition coefficient (Wildman–Crippen LogP) is 4.97. The molecule has 0 unspecified atom stereocenters. The third-order valence-corrected chi connectivity index (χ3v) is 4.62. The smallest absolute Gasteiger partial charge is 0.434 e. The summed E-state index contributed by atoms with van der Waals surface area (Å²) in [6.45, 7) is 0.476. The molecule has 3 rings (SSSR count). The van der Waals surface area contributed by atoms with Crippen LogP contribution in [0.15, 0.2) is 53.0 Å². The summed E-state index contributed by atoms with van der Waals surface area (Å²) in [7, 11) is 1.55. The first-order chi connectivity index (χ1) is 14.3. The Morgan fingerprint density at radius 2 is 1.84 bits per heavy atom. The molecule has 31 heavy (non-hydrogen) atoms. The summed E-state index contributed by atoms with van der Waals surface area (Å²) >= 11 is 0.922. The van der Waals surface area contributed by atoms with Gasteiger partial charge in [-0.05, 0) is 35.9 Å². The zero-order valence-electron chi connectivity index (χ0n) is 16.1. The Labute approximate surface area is 196 Å². The summed E-state index contributed by atoms with van der Waals surface area (Å²) in [5.41, 5.74) is -0.0728. The lowest BCUT2D eigenvalue weighted by Crippen LogP contribution is -2.36. The van der Waals surface area contributed by atoms with Gasteiger partial charge in [0.2, 0.25) is 5.88 Å². The molecule has 3 aromatic rings. The number of halogens is 5. The van der Waals surface area contributed by atoms with Gasteiger partial charge < -0.3 is 15.4 Å². The molecule has 2 heterocycles. The van der Waals surface area contributed by atoms with Crippen LogP contribution in [0.25, 0.3) is 0 Å². The van der Waals surface area contributed by atoms with Gasteiger partial charge in [0, 0.05) is 31.2 Å². The molecule has 0 radical (unpaired) electrons. The number of guanidine groups is 1. The van der Waals surface area contributed by atoms with Crippen LogP contribution in [-0.2, 0) is 19.3 Å². The van der Waals surface area contributed by atoms with Crippen LogP contribution in [0.5, 0.6) is 11.6 Å². The van der Waals surface area contributed by atoms with Gasteiger partial charge >= 0.3 is 6.18 Å². The minimum Gasteiger partial charge on any atom is -0.439 e. The Morgan fingerprint density at radius 1 is 1.13 bits per heavy atom. The molecule has 0 aliphatic heterocycles. The number of hydrogen-bond acceptors (Lipinski definition) is 5. The highest BCUT2D eigenvalue weighted by Gasteiger charge is 2.33. The number of alkyl halides is 3. The number of nitrogens with one attached hydrogen (secondary N) is 2. The van der Waals surface area contributed by atoms with E-state index in [0.717, 1.165) is 22.3 Å². The van der Waals surface area contributed by atoms with Crippen LogP contribution in [0, 0.1) is 5.82 Å². The van der Waals surface area contributed by atoms with Crippen molar-refractivity contribution >= 4 is 41.3 Å². The lowest BCUT2D eigenvalue weighted by Gasteiger charge is -2.12. The second-order valence-electron chi connectivity index (χ2n) is 5.96. The number of rotatable bonds is 6. The molecule has 6 nitrogen and oxygen atoms in total. The van der Waals surface area contributed by atoms with E-state index >= 15 is 0 Å². The third kappa shape index (κ3) is 7.61. The Morgan fingerprint density at radius 3 is 2.48 bits per heavy atom. The SMILES string of the molecule is CN=C(NCc1ccnc(Oc2ccc(F)cc2)c1)NCc1nc(C(F)(F)F)cs1.I. The van der Waals surface area contributed by atoms with Crippen molar-refractivity contribution in [3.8, 4) is 11.6 Å². The first-order valence-electron chi connectivity index (χ1n) is 8.68. The van der Waals surface area contributed by atoms with Gasteiger partial charge in [0.1, 0.15) is 16.6 Å². The number of benzene rings is 1. The molecule has 0 aliphatic carbocycles. The Hall–Kier alpha value is -2.48. The van der Waals surface area contributed by atoms with Crippen LogP contribution in [0.2, 0.25) is 0 Å². The highest BCUT2D eigenvalue weighted by molar-refractivity contribution is 14.0. The number of aromatic nitrogens is 2. The molecule has 0 saturated carbocycles. The highest BCUT2D eigenvalue weighted by Crippen LogP contribution is 2.29. The maximum absolute atomic E-state index is 13.0. The molecular formula is C19H18F4IN5OS. The molecule has 2 aromatic heterocycles. The van der Waals surface area contributed by atoms with Crippen LogP contribution in [0.4, 0.5) is 17.6 Å². The van der Waals surface area contributed by atoms with Crippen molar-refractivity contribution in [2.45, 2.75) is 19.3 Å². The van der Waals surface area contributed by atoms with Gasteiger partial charge in [0.05, 0.1) is 6.54 Å². The number of hydrogen-bond donors (Lipinski definition) is 2. The molecular weight excluding hydrogens is 549 g/mol. The summed E-state index contributed by atoms with van der Waals surface area (Å²) in [5.74, 6) is 0.829. The number of aliphatic imine (C=N–C) groups is 1. The van der Waals surface area contributed by atoms with E-state index in [9.17, 15) is 17.6 Å². The summed E-state index contributed by atoms with van der Waals surface area (Å²) < 4.78 is 56.4. The molecule has 166 valence electrons. The highest BCUT2D eigenvalue weighted by atomic mass is 127. The number of nitrogens with zero attached hydrogens (tertiary/aromatic N) is 3. The first-order valence-corrected chi connectivity index (χ1v) is 9.56. The van der Waals surface area contributed by atoms with Gasteiger partial charge in [0.25, 0.3) is 0 Å². The van der Waals surface area contributed by atoms with Crippen molar-refractivity contribution < 1.29 is 22.3 Å². The average Bonchev–Trinajstić information content (AvgIpc) is 3.20. The van der Waals surface area contributed by atoms with Crippen molar-refractivity contribution in [3.63, 3.8) is 0 Å². The van der Waals surface area contributed by atoms with Crippen molar-refractivity contribution in [1.82, 2.24) is 20.6 Å². The fourth-order valence-corrected chi connectivity index (χ4v) is 3.07. The maximum atomic E-state index is 13.0. The van der Waals surface area contributed by atoms with Gasteiger partial charge in [-0.2, -0.15) is 13.2 Å². The summed E-state index contributed by atoms with van der Waals surface area (Å²) in [4.78, 5) is 11.7. The van der Waals surface area contributed by atoms with Crippen LogP contribution in [0.3, 0.4) is 0 Å². The maximum Gasteiger partial charge on any atom is 0.434 e. The first kappa shape index (κ1) is 24.8. The van der Waals surface area contributed by atoms with Gasteiger partial charge in [-0.1, -0.05) is 0 Å². The second kappa shape index (κ2) is 11.2. The summed E-state index contributed by atoms with van der Waals surface area (Å²) in [6.07, 6.45) is -2.88. The molecule has 2 N–H and O–H groups in total. The quantitative estimate of drug-likeness (QED) is 0.191. The monoisotopic (exact) mass is 567 g/mol. The molecule has 0 fully saturated rings. The Bertz CT molecular complexity index is 1010. The summed E-state index contributed by atoms with van der Waals surface area (Å²) in [5, 5.41) is 7.24. The standard InChI is InChI=1S/C19H17F4N5OS.HI/c1-24-18(27-10-17-28-15(11-30-17)19(21,22)23)26-9-12-6-7-25-16(8-12)29-14-4-2-13(20)3-5-14;/h2-8,11H,9-10H2,1H3,(H2,24,26,27);1H. The molecule has 12 heteroatoms. The predicted molar refractivity (Wildman–Crippen MR) is 120 cm³/mol. The zero-order valence-corrected chi connectivity index (χ0v) is 19.3. The van der Waals surface area contributed by atoms with Crippen LogP contribution < -0.4 is 15.4 Å². The molecule has 0 aliphatic rings. The van der Waals surface area contributed by atoms with E-state index in [1.165, 1.54) is 24.3 Å². The molecule has 0 saturated heterocycles. The van der Waals surface area contributed by atoms with Crippen LogP contribution in [-0.4, -0.2) is 23.0 Å². The lowest BCUT2D eigenvalue weighted by molar-refractivity contribution is -0.140. The molecule has 1 aromatic carbocycles. The van der Waals surface area contributed by atoms with E-state index in [-0.39, 0.29) is 36.3 Å². The van der Waals surface area contributed by atoms with E-state index in [0.29, 0.717) is 29.1 Å². The second-order valence-corrected chi connectivity index (χ2v) is 6.90. The van der Waals surface area contributed by atoms with Gasteiger partial charge in [0.15, 0.2) is 11.7 Å². The largest absolute Gasteiger partial charge is 0.439 e. The van der Waals surface area contributed by atoms with Gasteiger partial charge in [-0.3, -0.25) is 4.99 Å². The van der Waals surface area contributed by atoms with Crippen molar-refractivity contribution in [2.75, 3.05) is 7.05 Å². The van der Waals surface area contributed by atoms with E-state index in [1.807, 2.05) is 0 Å². The zero-order chi connectivity index (χ0) is 21.6. The number of ether oxygens (including phenoxy) is 1. The van der Waals surface area contributed by atoms with Gasteiger partial charge in [-0.25, -0.2) is 14.4 Å². The van der Waals surface area contributed by atoms with Gasteiger partial charge in [-0.15, -0.1) is 35.3 Å². The number of thiazole rings is 1.